The number of hydrazine groups is 1. The number of aromatic nitrogens is 1. The van der Waals surface area contributed by atoms with Gasteiger partial charge in [0.25, 0.3) is 10.0 Å². The Kier molecular flexibility index (Phi) is 4.70. The van der Waals surface area contributed by atoms with Crippen molar-refractivity contribution in [2.45, 2.75) is 11.9 Å². The number of hydrogen-bond acceptors (Lipinski definition) is 6. The van der Waals surface area contributed by atoms with Crippen LogP contribution in [-0.2, 0) is 14.8 Å². The molecule has 0 saturated carbocycles. The lowest BCUT2D eigenvalue weighted by Gasteiger charge is -2.26. The van der Waals surface area contributed by atoms with Gasteiger partial charge in [-0.1, -0.05) is 0 Å². The van der Waals surface area contributed by atoms with Crippen molar-refractivity contribution in [3.8, 4) is 0 Å². The van der Waals surface area contributed by atoms with E-state index in [4.69, 9.17) is 4.74 Å². The van der Waals surface area contributed by atoms with Crippen LogP contribution in [-0.4, -0.2) is 51.3 Å². The second kappa shape index (κ2) is 6.29. The maximum Gasteiger partial charge on any atom is 0.273 e. The lowest BCUT2D eigenvalue weighted by atomic mass is 10.4. The van der Waals surface area contributed by atoms with Crippen molar-refractivity contribution in [3.63, 3.8) is 0 Å². The maximum absolute atomic E-state index is 12.3. The van der Waals surface area contributed by atoms with Gasteiger partial charge in [0.05, 0.1) is 18.9 Å². The SMILES string of the molecule is CCNc1cccnc1S(=O)(=O)NN1CCOCC1. The third-order valence-electron chi connectivity index (χ3n) is 2.65. The van der Waals surface area contributed by atoms with Gasteiger partial charge in [-0.2, -0.15) is 0 Å². The summed E-state index contributed by atoms with van der Waals surface area (Å²) >= 11 is 0. The molecule has 106 valence electrons. The zero-order valence-corrected chi connectivity index (χ0v) is 11.6. The molecule has 2 N–H and O–H groups in total. The van der Waals surface area contributed by atoms with Crippen LogP contribution < -0.4 is 10.1 Å². The van der Waals surface area contributed by atoms with Crippen LogP contribution >= 0.6 is 0 Å². The summed E-state index contributed by atoms with van der Waals surface area (Å²) in [6.45, 7) is 4.63. The Balaban J connectivity index is 2.18. The molecule has 1 aromatic rings. The van der Waals surface area contributed by atoms with Crippen LogP contribution in [0.1, 0.15) is 6.92 Å². The summed E-state index contributed by atoms with van der Waals surface area (Å²) in [6, 6.07) is 3.40. The summed E-state index contributed by atoms with van der Waals surface area (Å²) in [4.78, 5) is 6.50. The van der Waals surface area contributed by atoms with Crippen LogP contribution in [0.3, 0.4) is 0 Å². The zero-order chi connectivity index (χ0) is 13.7. The maximum atomic E-state index is 12.3. The molecule has 0 unspecified atom stereocenters. The fraction of sp³-hybridized carbons (Fsp3) is 0.545. The van der Waals surface area contributed by atoms with E-state index in [0.717, 1.165) is 0 Å². The normalized spacial score (nSPS) is 17.3. The highest BCUT2D eigenvalue weighted by Gasteiger charge is 2.23. The average Bonchev–Trinajstić information content (AvgIpc) is 2.40. The highest BCUT2D eigenvalue weighted by Crippen LogP contribution is 2.17. The topological polar surface area (TPSA) is 83.6 Å². The highest BCUT2D eigenvalue weighted by molar-refractivity contribution is 7.89. The van der Waals surface area contributed by atoms with Crippen molar-refractivity contribution in [1.29, 1.82) is 0 Å². The summed E-state index contributed by atoms with van der Waals surface area (Å²) in [5.74, 6) is 0. The Bertz CT molecular complexity index is 514. The number of anilines is 1. The molecule has 0 bridgehead atoms. The van der Waals surface area contributed by atoms with E-state index in [1.165, 1.54) is 6.20 Å². The van der Waals surface area contributed by atoms with Gasteiger partial charge in [0, 0.05) is 25.8 Å². The number of rotatable bonds is 5. The van der Waals surface area contributed by atoms with Crippen LogP contribution in [0.2, 0.25) is 0 Å². The summed E-state index contributed by atoms with van der Waals surface area (Å²) < 4.78 is 29.8. The predicted octanol–water partition coefficient (Wildman–Crippen LogP) is 0.0389. The third kappa shape index (κ3) is 3.63. The molecule has 0 atom stereocenters. The van der Waals surface area contributed by atoms with E-state index in [9.17, 15) is 8.42 Å². The molecule has 1 aromatic heterocycles. The van der Waals surface area contributed by atoms with E-state index in [1.54, 1.807) is 17.1 Å². The monoisotopic (exact) mass is 286 g/mol. The third-order valence-corrected chi connectivity index (χ3v) is 3.99. The fourth-order valence-electron chi connectivity index (χ4n) is 1.80. The number of sulfonamides is 1. The van der Waals surface area contributed by atoms with Crippen molar-refractivity contribution in [2.75, 3.05) is 38.2 Å². The van der Waals surface area contributed by atoms with Crippen molar-refractivity contribution in [1.82, 2.24) is 14.8 Å². The molecule has 7 nitrogen and oxygen atoms in total. The minimum atomic E-state index is -3.67. The van der Waals surface area contributed by atoms with Crippen LogP contribution in [0.25, 0.3) is 0 Å². The first kappa shape index (κ1) is 14.2. The number of hydrogen-bond donors (Lipinski definition) is 2. The number of nitrogens with one attached hydrogen (secondary N) is 2. The molecule has 0 spiro atoms. The van der Waals surface area contributed by atoms with Crippen LogP contribution in [0.5, 0.6) is 0 Å². The van der Waals surface area contributed by atoms with Crippen molar-refractivity contribution >= 4 is 15.7 Å². The lowest BCUT2D eigenvalue weighted by molar-refractivity contribution is 0.0272. The Hall–Kier alpha value is -1.22. The molecule has 8 heteroatoms. The average molecular weight is 286 g/mol. The molecule has 0 aromatic carbocycles. The summed E-state index contributed by atoms with van der Waals surface area (Å²) in [5, 5.41) is 4.64. The standard InChI is InChI=1S/C11H18N4O3S/c1-2-12-10-4-3-5-13-11(10)19(16,17)14-15-6-8-18-9-7-15/h3-5,12,14H,2,6-9H2,1H3. The molecule has 0 aliphatic carbocycles. The van der Waals surface area contributed by atoms with Gasteiger partial charge < -0.3 is 10.1 Å². The predicted molar refractivity (Wildman–Crippen MR) is 71.1 cm³/mol. The Labute approximate surface area is 113 Å². The molecule has 1 saturated heterocycles. The van der Waals surface area contributed by atoms with E-state index >= 15 is 0 Å². The van der Waals surface area contributed by atoms with Crippen molar-refractivity contribution in [2.24, 2.45) is 0 Å². The molecule has 0 radical (unpaired) electrons. The first-order chi connectivity index (χ1) is 9.13. The molecule has 1 aliphatic heterocycles. The minimum Gasteiger partial charge on any atom is -0.383 e. The number of pyridine rings is 1. The molecule has 1 fully saturated rings. The molecular formula is C11H18N4O3S. The van der Waals surface area contributed by atoms with Gasteiger partial charge in [-0.15, -0.1) is 4.83 Å². The van der Waals surface area contributed by atoms with Gasteiger partial charge in [0.2, 0.25) is 0 Å². The Morgan fingerprint density at radius 1 is 1.42 bits per heavy atom. The minimum absolute atomic E-state index is 0.0170. The van der Waals surface area contributed by atoms with Gasteiger partial charge in [0.1, 0.15) is 0 Å². The van der Waals surface area contributed by atoms with E-state index in [2.05, 4.69) is 15.1 Å². The Morgan fingerprint density at radius 3 is 2.84 bits per heavy atom. The van der Waals surface area contributed by atoms with Gasteiger partial charge in [0.15, 0.2) is 5.03 Å². The second-order valence-corrected chi connectivity index (χ2v) is 5.66. The number of nitrogens with zero attached hydrogens (tertiary/aromatic N) is 2. The molecule has 19 heavy (non-hydrogen) atoms. The van der Waals surface area contributed by atoms with Gasteiger partial charge in [-0.25, -0.2) is 18.4 Å². The van der Waals surface area contributed by atoms with E-state index in [-0.39, 0.29) is 5.03 Å². The zero-order valence-electron chi connectivity index (χ0n) is 10.8. The van der Waals surface area contributed by atoms with Crippen LogP contribution in [0.15, 0.2) is 23.4 Å². The fourth-order valence-corrected chi connectivity index (χ4v) is 3.04. The Morgan fingerprint density at radius 2 is 2.16 bits per heavy atom. The largest absolute Gasteiger partial charge is 0.383 e. The van der Waals surface area contributed by atoms with E-state index in [1.807, 2.05) is 6.92 Å². The number of ether oxygens (including phenoxy) is 1. The summed E-state index contributed by atoms with van der Waals surface area (Å²) in [6.07, 6.45) is 1.47. The molecule has 2 rings (SSSR count). The van der Waals surface area contributed by atoms with Gasteiger partial charge in [-0.3, -0.25) is 0 Å². The quantitative estimate of drug-likeness (QED) is 0.795. The molecule has 0 amide bonds. The molecule has 2 heterocycles. The smallest absolute Gasteiger partial charge is 0.273 e. The lowest BCUT2D eigenvalue weighted by Crippen LogP contribution is -2.48. The van der Waals surface area contributed by atoms with E-state index in [0.29, 0.717) is 38.5 Å². The number of morpholine rings is 1. The first-order valence-electron chi connectivity index (χ1n) is 6.17. The second-order valence-electron chi connectivity index (χ2n) is 4.08. The van der Waals surface area contributed by atoms with Gasteiger partial charge in [-0.05, 0) is 19.1 Å². The van der Waals surface area contributed by atoms with Gasteiger partial charge >= 0.3 is 0 Å². The van der Waals surface area contributed by atoms with Crippen LogP contribution in [0, 0.1) is 0 Å². The summed E-state index contributed by atoms with van der Waals surface area (Å²) in [5.41, 5.74) is 0.505. The molecule has 1 aliphatic rings. The van der Waals surface area contributed by atoms with Crippen molar-refractivity contribution < 1.29 is 13.2 Å². The van der Waals surface area contributed by atoms with Crippen LogP contribution in [0.4, 0.5) is 5.69 Å². The molecular weight excluding hydrogens is 268 g/mol. The first-order valence-corrected chi connectivity index (χ1v) is 7.66. The summed E-state index contributed by atoms with van der Waals surface area (Å²) in [7, 11) is -3.67. The van der Waals surface area contributed by atoms with E-state index < -0.39 is 10.0 Å². The highest BCUT2D eigenvalue weighted by atomic mass is 32.2. The van der Waals surface area contributed by atoms with Crippen molar-refractivity contribution in [3.05, 3.63) is 18.3 Å².